The summed E-state index contributed by atoms with van der Waals surface area (Å²) in [4.78, 5) is 3.91. The number of nitrogens with zero attached hydrogens (tertiary/aromatic N) is 1. The molecule has 0 aliphatic heterocycles. The van der Waals surface area contributed by atoms with Crippen molar-refractivity contribution in [2.45, 2.75) is 6.92 Å². The maximum atomic E-state index is 8.78. The van der Waals surface area contributed by atoms with Gasteiger partial charge in [0, 0.05) is 21.8 Å². The largest absolute Gasteiger partial charge is 0.491 e. The van der Waals surface area contributed by atoms with Gasteiger partial charge >= 0.3 is 7.12 Å². The molecule has 0 atom stereocenters. The fourth-order valence-corrected chi connectivity index (χ4v) is 1.37. The monoisotopic (exact) mass is 215 g/mol. The summed E-state index contributed by atoms with van der Waals surface area (Å²) in [5.74, 6) is 0. The van der Waals surface area contributed by atoms with Crippen LogP contribution in [0.25, 0.3) is 0 Å². The maximum absolute atomic E-state index is 8.78. The molecule has 1 rings (SSSR count). The smallest absolute Gasteiger partial charge is 0.423 e. The molecule has 3 nitrogen and oxygen atoms in total. The summed E-state index contributed by atoms with van der Waals surface area (Å²) in [6.07, 6.45) is 1.43. The van der Waals surface area contributed by atoms with E-state index in [9.17, 15) is 0 Å². The first kappa shape index (κ1) is 8.71. The van der Waals surface area contributed by atoms with E-state index in [1.165, 1.54) is 6.20 Å². The van der Waals surface area contributed by atoms with Crippen LogP contribution >= 0.6 is 15.9 Å². The fraction of sp³-hybridized carbons (Fsp3) is 0.167. The average molecular weight is 216 g/mol. The van der Waals surface area contributed by atoms with Gasteiger partial charge in [-0.25, -0.2) is 0 Å². The van der Waals surface area contributed by atoms with E-state index in [0.29, 0.717) is 9.94 Å². The number of aryl methyl sites for hydroxylation is 1. The lowest BCUT2D eigenvalue weighted by Crippen LogP contribution is -2.31. The summed E-state index contributed by atoms with van der Waals surface area (Å²) in [5.41, 5.74) is 1.22. The lowest BCUT2D eigenvalue weighted by Gasteiger charge is -2.01. The molecule has 0 aliphatic rings. The molecule has 0 bridgehead atoms. The molecule has 58 valence electrons. The minimum absolute atomic E-state index is 0.385. The van der Waals surface area contributed by atoms with Gasteiger partial charge in [0.1, 0.15) is 0 Å². The van der Waals surface area contributed by atoms with Crippen molar-refractivity contribution in [2.75, 3.05) is 0 Å². The number of hydrogen-bond donors (Lipinski definition) is 2. The molecule has 2 N–H and O–H groups in total. The molecule has 1 aromatic heterocycles. The van der Waals surface area contributed by atoms with E-state index in [-0.39, 0.29) is 0 Å². The van der Waals surface area contributed by atoms with Gasteiger partial charge in [0.25, 0.3) is 0 Å². The van der Waals surface area contributed by atoms with Crippen molar-refractivity contribution in [1.82, 2.24) is 4.98 Å². The molecule has 0 aliphatic carbocycles. The predicted octanol–water partition coefficient (Wildman–Crippen LogP) is -0.168. The van der Waals surface area contributed by atoms with Crippen molar-refractivity contribution < 1.29 is 10.0 Å². The standard InChI is InChI=1S/C6H7BBrNO2/c1-4-2-6(8)5(3-9-4)7(10)11/h2-3,10-11H,1H3. The van der Waals surface area contributed by atoms with Crippen LogP contribution < -0.4 is 5.46 Å². The van der Waals surface area contributed by atoms with Crippen molar-refractivity contribution in [3.63, 3.8) is 0 Å². The first-order chi connectivity index (χ1) is 5.11. The van der Waals surface area contributed by atoms with Crippen LogP contribution in [0, 0.1) is 6.92 Å². The Bertz CT molecular complexity index is 267. The summed E-state index contributed by atoms with van der Waals surface area (Å²) in [5, 5.41) is 17.6. The Morgan fingerprint density at radius 2 is 2.18 bits per heavy atom. The summed E-state index contributed by atoms with van der Waals surface area (Å²) in [7, 11) is -1.46. The molecule has 1 heterocycles. The Hall–Kier alpha value is -0.385. The molecule has 0 aromatic carbocycles. The Labute approximate surface area is 73.4 Å². The zero-order chi connectivity index (χ0) is 8.43. The second kappa shape index (κ2) is 3.34. The second-order valence-electron chi connectivity index (χ2n) is 2.22. The SMILES string of the molecule is Cc1cc(Br)c(B(O)O)cn1. The van der Waals surface area contributed by atoms with Crippen LogP contribution in [-0.2, 0) is 0 Å². The van der Waals surface area contributed by atoms with Gasteiger partial charge in [0.15, 0.2) is 0 Å². The van der Waals surface area contributed by atoms with Crippen molar-refractivity contribution >= 4 is 28.5 Å². The number of halogens is 1. The van der Waals surface area contributed by atoms with Crippen molar-refractivity contribution in [2.24, 2.45) is 0 Å². The number of rotatable bonds is 1. The highest BCUT2D eigenvalue weighted by Gasteiger charge is 2.14. The zero-order valence-electron chi connectivity index (χ0n) is 5.95. The molecule has 0 spiro atoms. The van der Waals surface area contributed by atoms with Crippen LogP contribution in [0.3, 0.4) is 0 Å². The predicted molar refractivity (Wildman–Crippen MR) is 46.5 cm³/mol. The van der Waals surface area contributed by atoms with Crippen LogP contribution in [-0.4, -0.2) is 22.2 Å². The van der Waals surface area contributed by atoms with E-state index in [2.05, 4.69) is 20.9 Å². The van der Waals surface area contributed by atoms with Gasteiger partial charge in [-0.2, -0.15) is 0 Å². The summed E-state index contributed by atoms with van der Waals surface area (Å²) in [6.45, 7) is 1.83. The van der Waals surface area contributed by atoms with E-state index in [0.717, 1.165) is 5.69 Å². The molecule has 0 fully saturated rings. The van der Waals surface area contributed by atoms with Crippen LogP contribution in [0.1, 0.15) is 5.69 Å². The number of pyridine rings is 1. The Morgan fingerprint density at radius 1 is 1.55 bits per heavy atom. The lowest BCUT2D eigenvalue weighted by atomic mass is 9.82. The highest BCUT2D eigenvalue weighted by molar-refractivity contribution is 9.10. The van der Waals surface area contributed by atoms with Gasteiger partial charge in [-0.15, -0.1) is 0 Å². The van der Waals surface area contributed by atoms with Crippen LogP contribution in [0.2, 0.25) is 0 Å². The average Bonchev–Trinajstić information content (AvgIpc) is 1.85. The molecule has 1 aromatic rings. The molecule has 11 heavy (non-hydrogen) atoms. The molecular weight excluding hydrogens is 209 g/mol. The summed E-state index contributed by atoms with van der Waals surface area (Å²) >= 11 is 3.19. The summed E-state index contributed by atoms with van der Waals surface area (Å²) in [6, 6.07) is 1.73. The molecule has 0 unspecified atom stereocenters. The van der Waals surface area contributed by atoms with Crippen molar-refractivity contribution in [3.8, 4) is 0 Å². The van der Waals surface area contributed by atoms with E-state index in [1.54, 1.807) is 6.07 Å². The maximum Gasteiger partial charge on any atom is 0.491 e. The molecule has 0 radical (unpaired) electrons. The van der Waals surface area contributed by atoms with Gasteiger partial charge in [-0.3, -0.25) is 4.98 Å². The van der Waals surface area contributed by atoms with Gasteiger partial charge < -0.3 is 10.0 Å². The molecular formula is C6H7BBrNO2. The van der Waals surface area contributed by atoms with Gasteiger partial charge in [0.05, 0.1) is 0 Å². The Kier molecular flexibility index (Phi) is 2.65. The van der Waals surface area contributed by atoms with Crippen LogP contribution in [0.15, 0.2) is 16.7 Å². The minimum Gasteiger partial charge on any atom is -0.423 e. The van der Waals surface area contributed by atoms with E-state index < -0.39 is 7.12 Å². The molecule has 0 amide bonds. The number of hydrogen-bond acceptors (Lipinski definition) is 3. The quantitative estimate of drug-likeness (QED) is 0.640. The zero-order valence-corrected chi connectivity index (χ0v) is 7.54. The Morgan fingerprint density at radius 3 is 2.64 bits per heavy atom. The summed E-state index contributed by atoms with van der Waals surface area (Å²) < 4.78 is 0.667. The first-order valence-corrected chi connectivity index (χ1v) is 3.88. The minimum atomic E-state index is -1.46. The van der Waals surface area contributed by atoms with Crippen molar-refractivity contribution in [3.05, 3.63) is 22.4 Å². The lowest BCUT2D eigenvalue weighted by molar-refractivity contribution is 0.425. The fourth-order valence-electron chi connectivity index (χ4n) is 0.727. The van der Waals surface area contributed by atoms with E-state index in [1.807, 2.05) is 6.92 Å². The molecule has 5 heteroatoms. The van der Waals surface area contributed by atoms with Gasteiger partial charge in [-0.1, -0.05) is 15.9 Å². The molecule has 0 saturated carbocycles. The first-order valence-electron chi connectivity index (χ1n) is 3.09. The molecule has 0 saturated heterocycles. The highest BCUT2D eigenvalue weighted by Crippen LogP contribution is 2.06. The third kappa shape index (κ3) is 2.02. The van der Waals surface area contributed by atoms with E-state index in [4.69, 9.17) is 10.0 Å². The van der Waals surface area contributed by atoms with Gasteiger partial charge in [0.2, 0.25) is 0 Å². The number of aromatic nitrogens is 1. The second-order valence-corrected chi connectivity index (χ2v) is 3.08. The topological polar surface area (TPSA) is 53.4 Å². The van der Waals surface area contributed by atoms with Crippen LogP contribution in [0.5, 0.6) is 0 Å². The van der Waals surface area contributed by atoms with E-state index >= 15 is 0 Å². The Balaban J connectivity index is 3.09. The van der Waals surface area contributed by atoms with Gasteiger partial charge in [-0.05, 0) is 13.0 Å². The van der Waals surface area contributed by atoms with Crippen molar-refractivity contribution in [1.29, 1.82) is 0 Å². The third-order valence-corrected chi connectivity index (χ3v) is 1.98. The normalized spacial score (nSPS) is 9.82. The van der Waals surface area contributed by atoms with Crippen LogP contribution in [0.4, 0.5) is 0 Å². The highest BCUT2D eigenvalue weighted by atomic mass is 79.9. The third-order valence-electron chi connectivity index (χ3n) is 1.30.